The van der Waals surface area contributed by atoms with Crippen molar-refractivity contribution in [2.24, 2.45) is 23.8 Å². The molecule has 1 aromatic carbocycles. The molecule has 3 amide bonds. The highest BCUT2D eigenvalue weighted by Crippen LogP contribution is 2.61. The van der Waals surface area contributed by atoms with Crippen molar-refractivity contribution in [3.8, 4) is 5.75 Å². The Balaban J connectivity index is 1.46. The van der Waals surface area contributed by atoms with Gasteiger partial charge in [-0.25, -0.2) is 9.59 Å². The maximum Gasteiger partial charge on any atom is 0.407 e. The second-order valence-electron chi connectivity index (χ2n) is 11.6. The summed E-state index contributed by atoms with van der Waals surface area (Å²) in [4.78, 5) is 50.3. The van der Waals surface area contributed by atoms with Crippen molar-refractivity contribution in [2.75, 3.05) is 13.1 Å². The second-order valence-corrected chi connectivity index (χ2v) is 11.6. The number of benzene rings is 1. The van der Waals surface area contributed by atoms with Crippen LogP contribution in [0.25, 0.3) is 11.0 Å². The van der Waals surface area contributed by atoms with Gasteiger partial charge in [0.1, 0.15) is 23.4 Å². The maximum absolute atomic E-state index is 13.2. The molecule has 10 heteroatoms. The lowest BCUT2D eigenvalue weighted by Crippen LogP contribution is -2.62. The number of ether oxygens (including phenoxy) is 1. The molecule has 0 bridgehead atoms. The van der Waals surface area contributed by atoms with E-state index >= 15 is 0 Å². The molecule has 1 aliphatic carbocycles. The van der Waals surface area contributed by atoms with Crippen LogP contribution in [0.15, 0.2) is 23.0 Å². The number of fused-ring (bicyclic) bond motifs is 1. The zero-order chi connectivity index (χ0) is 26.0. The molecule has 3 heterocycles. The standard InChI is InChI=1S/C26H34N4O6/c1-25(2,3)21-18(14-26(21)10-12-29(13-11-26)24(34)35)36-17-7-5-6-15-20(17)28(4)23(33)30(15)16-8-9-19(31)27-22(16)32/h5-7,16,18,21H,8-14H2,1-4H3,(H,34,35)(H,27,31,32). The van der Waals surface area contributed by atoms with Gasteiger partial charge in [-0.1, -0.05) is 26.8 Å². The number of carbonyl (C=O) groups is 3. The molecule has 1 spiro atoms. The molecule has 2 saturated heterocycles. The Morgan fingerprint density at radius 3 is 2.47 bits per heavy atom. The molecule has 0 radical (unpaired) electrons. The lowest BCUT2D eigenvalue weighted by atomic mass is 9.47. The zero-order valence-electron chi connectivity index (χ0n) is 21.2. The van der Waals surface area contributed by atoms with Crippen LogP contribution in [0.4, 0.5) is 4.79 Å². The van der Waals surface area contributed by atoms with Crippen LogP contribution >= 0.6 is 0 Å². The number of nitrogens with zero attached hydrogens (tertiary/aromatic N) is 3. The summed E-state index contributed by atoms with van der Waals surface area (Å²) in [6.45, 7) is 7.68. The van der Waals surface area contributed by atoms with Gasteiger partial charge in [-0.15, -0.1) is 0 Å². The van der Waals surface area contributed by atoms with Crippen LogP contribution in [0.5, 0.6) is 5.75 Å². The first-order valence-electron chi connectivity index (χ1n) is 12.6. The number of nitrogens with one attached hydrogen (secondary N) is 1. The van der Waals surface area contributed by atoms with E-state index in [1.807, 2.05) is 12.1 Å². The second kappa shape index (κ2) is 8.38. The average Bonchev–Trinajstić information content (AvgIpc) is 3.03. The predicted molar refractivity (Wildman–Crippen MR) is 132 cm³/mol. The van der Waals surface area contributed by atoms with Crippen LogP contribution < -0.4 is 15.7 Å². The molecule has 1 saturated carbocycles. The summed E-state index contributed by atoms with van der Waals surface area (Å²) in [5.41, 5.74) is 0.890. The molecule has 3 unspecified atom stereocenters. The molecule has 2 aromatic rings. The SMILES string of the molecule is Cn1c(=O)n(C2CCC(=O)NC2=O)c2cccc(OC3CC4(CCN(C(=O)O)CC4)C3C(C)(C)C)c21. The predicted octanol–water partition coefficient (Wildman–Crippen LogP) is 2.89. The van der Waals surface area contributed by atoms with Crippen molar-refractivity contribution in [1.82, 2.24) is 19.4 Å². The Morgan fingerprint density at radius 2 is 1.86 bits per heavy atom. The highest BCUT2D eigenvalue weighted by atomic mass is 16.5. The number of hydrogen-bond donors (Lipinski definition) is 2. The summed E-state index contributed by atoms with van der Waals surface area (Å²) < 4.78 is 9.61. The van der Waals surface area contributed by atoms with Gasteiger partial charge in [0.05, 0.1) is 5.52 Å². The first kappa shape index (κ1) is 24.4. The molecule has 5 rings (SSSR count). The van der Waals surface area contributed by atoms with E-state index in [-0.39, 0.29) is 47.3 Å². The van der Waals surface area contributed by atoms with Gasteiger partial charge in [-0.05, 0) is 48.6 Å². The van der Waals surface area contributed by atoms with E-state index in [9.17, 15) is 24.3 Å². The number of hydrogen-bond acceptors (Lipinski definition) is 5. The summed E-state index contributed by atoms with van der Waals surface area (Å²) in [6, 6.07) is 4.74. The third kappa shape index (κ3) is 3.77. The topological polar surface area (TPSA) is 123 Å². The number of aryl methyl sites for hydroxylation is 1. The largest absolute Gasteiger partial charge is 0.488 e. The molecule has 3 aliphatic rings. The Morgan fingerprint density at radius 1 is 1.17 bits per heavy atom. The molecule has 2 N–H and O–H groups in total. The average molecular weight is 499 g/mol. The van der Waals surface area contributed by atoms with E-state index in [1.165, 1.54) is 14.0 Å². The fourth-order valence-corrected chi connectivity index (χ4v) is 7.01. The first-order chi connectivity index (χ1) is 16.9. The number of carboxylic acid groups (broad SMARTS) is 1. The number of amides is 3. The van der Waals surface area contributed by atoms with Crippen molar-refractivity contribution in [2.45, 2.75) is 65.0 Å². The van der Waals surface area contributed by atoms with E-state index in [0.717, 1.165) is 19.3 Å². The van der Waals surface area contributed by atoms with Crippen LogP contribution in [0.3, 0.4) is 0 Å². The van der Waals surface area contributed by atoms with Crippen molar-refractivity contribution < 1.29 is 24.2 Å². The molecule has 2 aliphatic heterocycles. The monoisotopic (exact) mass is 498 g/mol. The molecular formula is C26H34N4O6. The Bertz CT molecular complexity index is 1290. The van der Waals surface area contributed by atoms with E-state index in [2.05, 4.69) is 26.1 Å². The van der Waals surface area contributed by atoms with Gasteiger partial charge in [0.2, 0.25) is 11.8 Å². The third-order valence-corrected chi connectivity index (χ3v) is 8.47. The molecule has 1 aromatic heterocycles. The van der Waals surface area contributed by atoms with Crippen LogP contribution in [-0.4, -0.2) is 56.2 Å². The fraction of sp³-hybridized carbons (Fsp3) is 0.615. The summed E-state index contributed by atoms with van der Waals surface area (Å²) in [6.07, 6.45) is 2.00. The Labute approximate surface area is 209 Å². The molecule has 3 atom stereocenters. The van der Waals surface area contributed by atoms with Crippen molar-refractivity contribution in [1.29, 1.82) is 0 Å². The van der Waals surface area contributed by atoms with Crippen LogP contribution in [0.2, 0.25) is 0 Å². The minimum Gasteiger partial charge on any atom is -0.488 e. The normalized spacial score (nSPS) is 26.1. The zero-order valence-corrected chi connectivity index (χ0v) is 21.2. The van der Waals surface area contributed by atoms with E-state index in [0.29, 0.717) is 29.9 Å². The van der Waals surface area contributed by atoms with Gasteiger partial charge in [0.15, 0.2) is 0 Å². The van der Waals surface area contributed by atoms with Gasteiger partial charge in [0.25, 0.3) is 0 Å². The van der Waals surface area contributed by atoms with Gasteiger partial charge in [-0.3, -0.25) is 24.0 Å². The lowest BCUT2D eigenvalue weighted by molar-refractivity contribution is -0.164. The van der Waals surface area contributed by atoms with E-state index < -0.39 is 18.0 Å². The number of aromatic nitrogens is 2. The van der Waals surface area contributed by atoms with Gasteiger partial charge in [0, 0.05) is 32.5 Å². The minimum absolute atomic E-state index is 0.0350. The summed E-state index contributed by atoms with van der Waals surface area (Å²) in [7, 11) is 1.67. The quantitative estimate of drug-likeness (QED) is 0.628. The summed E-state index contributed by atoms with van der Waals surface area (Å²) >= 11 is 0. The van der Waals surface area contributed by atoms with Crippen LogP contribution in [0, 0.1) is 16.7 Å². The van der Waals surface area contributed by atoms with Crippen molar-refractivity contribution in [3.63, 3.8) is 0 Å². The number of imide groups is 1. The third-order valence-electron chi connectivity index (χ3n) is 8.47. The summed E-state index contributed by atoms with van der Waals surface area (Å²) in [5.74, 6) is 0.0316. The number of rotatable bonds is 3. The first-order valence-corrected chi connectivity index (χ1v) is 12.6. The number of carbonyl (C=O) groups excluding carboxylic acids is 2. The molecule has 36 heavy (non-hydrogen) atoms. The Kier molecular flexibility index (Phi) is 5.68. The van der Waals surface area contributed by atoms with E-state index in [4.69, 9.17) is 4.74 Å². The van der Waals surface area contributed by atoms with Crippen LogP contribution in [0.1, 0.15) is 58.9 Å². The number of likely N-dealkylation sites (tertiary alicyclic amines) is 1. The molecule has 194 valence electrons. The molecule has 3 fully saturated rings. The smallest absolute Gasteiger partial charge is 0.407 e. The number of imidazole rings is 1. The highest BCUT2D eigenvalue weighted by molar-refractivity contribution is 6.00. The van der Waals surface area contributed by atoms with Gasteiger partial charge >= 0.3 is 11.8 Å². The van der Waals surface area contributed by atoms with Gasteiger partial charge in [-0.2, -0.15) is 0 Å². The lowest BCUT2D eigenvalue weighted by Gasteiger charge is -2.62. The summed E-state index contributed by atoms with van der Waals surface area (Å²) in [5, 5.41) is 11.7. The number of para-hydroxylation sites is 1. The maximum atomic E-state index is 13.2. The Hall–Kier alpha value is -3.30. The highest BCUT2D eigenvalue weighted by Gasteiger charge is 2.60. The number of piperidine rings is 2. The van der Waals surface area contributed by atoms with Crippen LogP contribution in [-0.2, 0) is 16.6 Å². The molecular weight excluding hydrogens is 464 g/mol. The minimum atomic E-state index is -0.864. The van der Waals surface area contributed by atoms with Gasteiger partial charge < -0.3 is 14.7 Å². The van der Waals surface area contributed by atoms with Crippen molar-refractivity contribution >= 4 is 28.9 Å². The van der Waals surface area contributed by atoms with Crippen molar-refractivity contribution in [3.05, 3.63) is 28.7 Å². The van der Waals surface area contributed by atoms with E-state index in [1.54, 1.807) is 13.1 Å². The fourth-order valence-electron chi connectivity index (χ4n) is 7.01. The molecule has 10 nitrogen and oxygen atoms in total.